The number of carbonyl (C=O) groups excluding carboxylic acids is 1. The molecule has 0 radical (unpaired) electrons. The van der Waals surface area contributed by atoms with Gasteiger partial charge in [-0.25, -0.2) is 4.98 Å². The van der Waals surface area contributed by atoms with Crippen LogP contribution in [0.25, 0.3) is 16.7 Å². The monoisotopic (exact) mass is 379 g/mol. The van der Waals surface area contributed by atoms with Crippen LogP contribution >= 0.6 is 11.6 Å². The number of benzene rings is 2. The molecule has 0 aliphatic heterocycles. The Morgan fingerprint density at radius 1 is 1.27 bits per heavy atom. The Hall–Kier alpha value is -3.18. The highest BCUT2D eigenvalue weighted by Gasteiger charge is 2.32. The van der Waals surface area contributed by atoms with Gasteiger partial charge in [0.15, 0.2) is 5.82 Å². The summed E-state index contributed by atoms with van der Waals surface area (Å²) in [5, 5.41) is -0.268. The normalized spacial score (nSPS) is 11.3. The molecule has 9 heteroatoms. The molecule has 0 spiro atoms. The molecule has 1 amide bonds. The van der Waals surface area contributed by atoms with E-state index in [4.69, 9.17) is 23.8 Å². The van der Waals surface area contributed by atoms with Crippen LogP contribution in [0.2, 0.25) is 5.02 Å². The smallest absolute Gasteiger partial charge is 0.404 e. The zero-order chi connectivity index (χ0) is 19.1. The van der Waals surface area contributed by atoms with Gasteiger partial charge < -0.3 is 10.5 Å². The van der Waals surface area contributed by atoms with Crippen molar-refractivity contribution >= 4 is 28.5 Å². The number of ether oxygens (including phenoxy) is 1. The van der Waals surface area contributed by atoms with Crippen LogP contribution in [-0.2, 0) is 0 Å². The number of nitrogens with zero attached hydrogens (tertiary/aromatic N) is 2. The molecular weight excluding hydrogens is 371 g/mol. The number of amides is 1. The lowest BCUT2D eigenvalue weighted by Gasteiger charge is -2.12. The highest BCUT2D eigenvalue weighted by Crippen LogP contribution is 2.33. The number of hydrogen-bond donors (Lipinski definition) is 1. The lowest BCUT2D eigenvalue weighted by Crippen LogP contribution is -2.17. The lowest BCUT2D eigenvalue weighted by molar-refractivity contribution is -0.274. The summed E-state index contributed by atoms with van der Waals surface area (Å²) in [4.78, 5) is 15.6. The number of primary amides is 1. The van der Waals surface area contributed by atoms with E-state index in [0.29, 0.717) is 16.7 Å². The van der Waals surface area contributed by atoms with Crippen LogP contribution in [0.15, 0.2) is 36.4 Å². The molecule has 0 fully saturated rings. The maximum atomic E-state index is 12.4. The van der Waals surface area contributed by atoms with E-state index in [1.54, 1.807) is 6.07 Å². The van der Waals surface area contributed by atoms with Gasteiger partial charge in [-0.1, -0.05) is 11.6 Å². The van der Waals surface area contributed by atoms with Crippen LogP contribution in [-0.4, -0.2) is 21.8 Å². The van der Waals surface area contributed by atoms with E-state index in [2.05, 4.69) is 15.6 Å². The Balaban J connectivity index is 2.18. The predicted octanol–water partition coefficient (Wildman–Crippen LogP) is 3.66. The van der Waals surface area contributed by atoms with Gasteiger partial charge >= 0.3 is 6.36 Å². The topological polar surface area (TPSA) is 70.1 Å². The van der Waals surface area contributed by atoms with Gasteiger partial charge in [-0.2, -0.15) is 0 Å². The molecule has 0 aliphatic rings. The summed E-state index contributed by atoms with van der Waals surface area (Å²) >= 11 is 5.90. The van der Waals surface area contributed by atoms with E-state index in [0.717, 1.165) is 6.07 Å². The van der Waals surface area contributed by atoms with Gasteiger partial charge in [-0.15, -0.1) is 19.6 Å². The quantitative estimate of drug-likeness (QED) is 0.706. The zero-order valence-electron chi connectivity index (χ0n) is 12.8. The fourth-order valence-corrected chi connectivity index (χ4v) is 2.64. The third-order valence-electron chi connectivity index (χ3n) is 3.47. The van der Waals surface area contributed by atoms with E-state index in [1.165, 1.54) is 28.8 Å². The standard InChI is InChI=1S/C17H9ClF3N3O2/c1-2-15-23-12-5-3-9(16(22)25)7-13(12)24(15)10-4-6-14(11(18)8-10)26-17(19,20)21/h1,3-8H,(H2,22,25). The van der Waals surface area contributed by atoms with Crippen molar-refractivity contribution in [3.8, 4) is 23.8 Å². The summed E-state index contributed by atoms with van der Waals surface area (Å²) in [5.41, 5.74) is 6.79. The van der Waals surface area contributed by atoms with Crippen LogP contribution < -0.4 is 10.5 Å². The van der Waals surface area contributed by atoms with Crippen molar-refractivity contribution in [2.45, 2.75) is 6.36 Å². The van der Waals surface area contributed by atoms with E-state index < -0.39 is 18.0 Å². The summed E-state index contributed by atoms with van der Waals surface area (Å²) in [6, 6.07) is 8.20. The van der Waals surface area contributed by atoms with Crippen LogP contribution in [0.4, 0.5) is 13.2 Å². The molecule has 1 aromatic heterocycles. The van der Waals surface area contributed by atoms with Gasteiger partial charge in [0.2, 0.25) is 5.91 Å². The van der Waals surface area contributed by atoms with Crippen LogP contribution in [0.5, 0.6) is 5.75 Å². The third-order valence-corrected chi connectivity index (χ3v) is 3.76. The van der Waals surface area contributed by atoms with Gasteiger partial charge in [0.05, 0.1) is 21.7 Å². The largest absolute Gasteiger partial charge is 0.573 e. The Morgan fingerprint density at radius 3 is 2.58 bits per heavy atom. The van der Waals surface area contributed by atoms with E-state index >= 15 is 0 Å². The summed E-state index contributed by atoms with van der Waals surface area (Å²) in [6.07, 6.45) is 0.602. The minimum absolute atomic E-state index is 0.183. The predicted molar refractivity (Wildman–Crippen MR) is 89.2 cm³/mol. The molecular formula is C17H9ClF3N3O2. The number of nitrogens with two attached hydrogens (primary N) is 1. The first-order valence-electron chi connectivity index (χ1n) is 7.04. The molecule has 3 aromatic rings. The minimum Gasteiger partial charge on any atom is -0.404 e. The molecule has 26 heavy (non-hydrogen) atoms. The first-order valence-corrected chi connectivity index (χ1v) is 7.42. The molecule has 0 aliphatic carbocycles. The highest BCUT2D eigenvalue weighted by molar-refractivity contribution is 6.32. The van der Waals surface area contributed by atoms with Crippen molar-refractivity contribution in [1.82, 2.24) is 9.55 Å². The SMILES string of the molecule is C#Cc1nc2ccc(C(N)=O)cc2n1-c1ccc(OC(F)(F)F)c(Cl)c1. The van der Waals surface area contributed by atoms with Gasteiger partial charge in [-0.3, -0.25) is 9.36 Å². The summed E-state index contributed by atoms with van der Waals surface area (Å²) in [7, 11) is 0. The van der Waals surface area contributed by atoms with E-state index in [9.17, 15) is 18.0 Å². The molecule has 0 saturated heterocycles. The minimum atomic E-state index is -4.87. The van der Waals surface area contributed by atoms with Gasteiger partial charge in [0.25, 0.3) is 0 Å². The Kier molecular flexibility index (Phi) is 4.26. The van der Waals surface area contributed by atoms with Gasteiger partial charge in [-0.05, 0) is 42.3 Å². The van der Waals surface area contributed by atoms with Crippen LogP contribution in [0.1, 0.15) is 16.2 Å². The number of rotatable bonds is 3. The Bertz CT molecular complexity index is 1070. The number of hydrogen-bond acceptors (Lipinski definition) is 3. The van der Waals surface area contributed by atoms with Crippen molar-refractivity contribution in [3.05, 3.63) is 52.8 Å². The fourth-order valence-electron chi connectivity index (χ4n) is 2.42. The summed E-state index contributed by atoms with van der Waals surface area (Å²) in [5.74, 6) is 1.38. The highest BCUT2D eigenvalue weighted by atomic mass is 35.5. The second-order valence-corrected chi connectivity index (χ2v) is 5.55. The average Bonchev–Trinajstić information content (AvgIpc) is 2.93. The summed E-state index contributed by atoms with van der Waals surface area (Å²) in [6.45, 7) is 0. The second-order valence-electron chi connectivity index (χ2n) is 5.15. The average molecular weight is 380 g/mol. The van der Waals surface area contributed by atoms with Crippen molar-refractivity contribution in [3.63, 3.8) is 0 Å². The fraction of sp³-hybridized carbons (Fsp3) is 0.0588. The second kappa shape index (κ2) is 6.28. The first-order chi connectivity index (χ1) is 12.2. The van der Waals surface area contributed by atoms with Crippen LogP contribution in [0, 0.1) is 12.3 Å². The molecule has 2 aromatic carbocycles. The number of alkyl halides is 3. The number of imidazole rings is 1. The maximum Gasteiger partial charge on any atom is 0.573 e. The van der Waals surface area contributed by atoms with Crippen molar-refractivity contribution in [1.29, 1.82) is 0 Å². The molecule has 2 N–H and O–H groups in total. The number of fused-ring (bicyclic) bond motifs is 1. The number of terminal acetylenes is 1. The molecule has 132 valence electrons. The molecule has 0 bridgehead atoms. The first kappa shape index (κ1) is 17.6. The molecule has 0 unspecified atom stereocenters. The summed E-state index contributed by atoms with van der Waals surface area (Å²) < 4.78 is 42.4. The maximum absolute atomic E-state index is 12.4. The Morgan fingerprint density at radius 2 is 2.00 bits per heavy atom. The third kappa shape index (κ3) is 3.30. The molecule has 0 atom stereocenters. The van der Waals surface area contributed by atoms with E-state index in [1.807, 2.05) is 0 Å². The number of carbonyl (C=O) groups is 1. The Labute approximate surface area is 150 Å². The van der Waals surface area contributed by atoms with Crippen molar-refractivity contribution in [2.24, 2.45) is 5.73 Å². The number of halogens is 4. The molecule has 5 nitrogen and oxygen atoms in total. The molecule has 0 saturated carbocycles. The van der Waals surface area contributed by atoms with Crippen molar-refractivity contribution in [2.75, 3.05) is 0 Å². The van der Waals surface area contributed by atoms with Gasteiger partial charge in [0, 0.05) is 5.56 Å². The zero-order valence-corrected chi connectivity index (χ0v) is 13.6. The van der Waals surface area contributed by atoms with Crippen molar-refractivity contribution < 1.29 is 22.7 Å². The molecule has 3 rings (SSSR count). The van der Waals surface area contributed by atoms with E-state index in [-0.39, 0.29) is 16.4 Å². The van der Waals surface area contributed by atoms with Crippen LogP contribution in [0.3, 0.4) is 0 Å². The lowest BCUT2D eigenvalue weighted by atomic mass is 10.2. The number of aromatic nitrogens is 2. The van der Waals surface area contributed by atoms with Gasteiger partial charge in [0.1, 0.15) is 5.75 Å². The molecule has 1 heterocycles.